The fourth-order valence-electron chi connectivity index (χ4n) is 9.07. The second kappa shape index (κ2) is 15.4. The molecule has 13 heteroatoms. The lowest BCUT2D eigenvalue weighted by molar-refractivity contribution is -0.887. The Balaban J connectivity index is 1.51. The third-order valence-corrected chi connectivity index (χ3v) is 12.3. The van der Waals surface area contributed by atoms with E-state index in [4.69, 9.17) is 14.7 Å². The summed E-state index contributed by atoms with van der Waals surface area (Å²) in [5.74, 6) is -3.83. The highest BCUT2D eigenvalue weighted by Crippen LogP contribution is 2.48. The molecule has 1 unspecified atom stereocenters. The first kappa shape index (κ1) is 40.5. The fraction of sp³-hybridized carbons (Fsp3) is 0.512. The van der Waals surface area contributed by atoms with Crippen LogP contribution in [0.15, 0.2) is 18.2 Å². The van der Waals surface area contributed by atoms with Crippen LogP contribution < -0.4 is 5.32 Å². The van der Waals surface area contributed by atoms with Crippen molar-refractivity contribution < 1.29 is 38.3 Å². The second-order valence-corrected chi connectivity index (χ2v) is 16.7. The molecule has 8 bridgehead atoms. The van der Waals surface area contributed by atoms with Crippen LogP contribution in [-0.2, 0) is 19.1 Å². The summed E-state index contributed by atoms with van der Waals surface area (Å²) in [6, 6.07) is 5.30. The monoisotopic (exact) mass is 767 g/mol. The van der Waals surface area contributed by atoms with Crippen molar-refractivity contribution in [2.45, 2.75) is 109 Å². The van der Waals surface area contributed by atoms with E-state index in [2.05, 4.69) is 29.1 Å². The number of fused-ring (bicyclic) bond motifs is 8. The number of carbonyl (C=O) groups is 5. The van der Waals surface area contributed by atoms with Gasteiger partial charge in [-0.05, 0) is 69.4 Å². The van der Waals surface area contributed by atoms with Gasteiger partial charge in [0.05, 0.1) is 45.0 Å². The average Bonchev–Trinajstić information content (AvgIpc) is 3.86. The quantitative estimate of drug-likeness (QED) is 0.0518. The standard InChI is InChI=1S/C43H54N6O7/c1-11-25-20(2)27-19-32-35(24(6)50)22(4)29(46-32)17-28-21(3)26(14-15-34(51)44-16-12-13-33(42(53)54)49(7,8)9)39(47-28)37-38(43(55)56-10)41(52)36-23(5)30(48-40(36)37)18-31(25)45-27/h17-21,25-26,33,38H,11-16H2,1-10H3,(H3-,44,45,46,47,48,50,51,52,53,54)/p+1/t20-,21+,25-,26+,33+,38?/m1/s1. The van der Waals surface area contributed by atoms with E-state index in [-0.39, 0.29) is 52.0 Å². The number of aryl methyl sites for hydroxylation is 2. The lowest BCUT2D eigenvalue weighted by Crippen LogP contribution is -2.50. The van der Waals surface area contributed by atoms with Crippen LogP contribution in [0.1, 0.15) is 150 Å². The molecule has 3 aromatic heterocycles. The smallest absolute Gasteiger partial charge is 0.362 e. The number of Topliss-reactive ketones (excluding diaryl/α,β-unsaturated/α-hetero) is 2. The predicted molar refractivity (Wildman–Crippen MR) is 213 cm³/mol. The number of H-pyrrole nitrogens is 2. The zero-order valence-corrected chi connectivity index (χ0v) is 34.2. The number of esters is 1. The number of nitrogens with zero attached hydrogens (tertiary/aromatic N) is 3. The summed E-state index contributed by atoms with van der Waals surface area (Å²) in [5, 5.41) is 12.6. The predicted octanol–water partition coefficient (Wildman–Crippen LogP) is 6.61. The first-order valence-corrected chi connectivity index (χ1v) is 19.6. The van der Waals surface area contributed by atoms with Crippen LogP contribution in [-0.4, -0.2) is 99.8 Å². The molecule has 0 saturated heterocycles. The van der Waals surface area contributed by atoms with Crippen LogP contribution in [0.3, 0.4) is 0 Å². The Morgan fingerprint density at radius 2 is 1.55 bits per heavy atom. The molecule has 0 aromatic carbocycles. The number of quaternary nitrogens is 1. The molecule has 13 nitrogen and oxygen atoms in total. The van der Waals surface area contributed by atoms with Gasteiger partial charge in [-0.3, -0.25) is 29.1 Å². The molecule has 56 heavy (non-hydrogen) atoms. The van der Waals surface area contributed by atoms with Gasteiger partial charge in [0.25, 0.3) is 0 Å². The largest absolute Gasteiger partial charge is 0.477 e. The Morgan fingerprint density at radius 3 is 2.18 bits per heavy atom. The van der Waals surface area contributed by atoms with E-state index in [0.29, 0.717) is 70.5 Å². The number of aliphatic carboxylic acids is 1. The zero-order chi connectivity index (χ0) is 41.0. The molecule has 0 spiro atoms. The van der Waals surface area contributed by atoms with Gasteiger partial charge >= 0.3 is 11.9 Å². The minimum absolute atomic E-state index is 0.0747. The molecular weight excluding hydrogens is 713 g/mol. The number of methoxy groups -OCH3 is 1. The fourth-order valence-corrected chi connectivity index (χ4v) is 9.07. The third-order valence-electron chi connectivity index (χ3n) is 12.3. The number of carboxylic acids is 1. The Labute approximate surface area is 327 Å². The van der Waals surface area contributed by atoms with Crippen molar-refractivity contribution in [1.82, 2.24) is 25.3 Å². The van der Waals surface area contributed by atoms with E-state index in [1.165, 1.54) is 7.11 Å². The highest BCUT2D eigenvalue weighted by Gasteiger charge is 2.45. The first-order chi connectivity index (χ1) is 26.4. The molecule has 4 N–H and O–H groups in total. The number of hydrogen-bond donors (Lipinski definition) is 4. The van der Waals surface area contributed by atoms with Crippen molar-refractivity contribution in [2.24, 2.45) is 0 Å². The van der Waals surface area contributed by atoms with Crippen molar-refractivity contribution in [3.8, 4) is 0 Å². The summed E-state index contributed by atoms with van der Waals surface area (Å²) in [5.41, 5.74) is 8.53. The number of amides is 1. The Kier molecular flexibility index (Phi) is 11.1. The molecule has 6 rings (SSSR count). The molecule has 3 aliphatic rings. The molecule has 298 valence electrons. The Bertz CT molecular complexity index is 2300. The van der Waals surface area contributed by atoms with Crippen molar-refractivity contribution in [1.29, 1.82) is 0 Å². The normalized spacial score (nSPS) is 20.9. The van der Waals surface area contributed by atoms with Crippen molar-refractivity contribution in [3.05, 3.63) is 68.8 Å². The SMILES string of the molecule is CC[C@H]1c2cc3[nH]c4c(c3C)C(=O)C(C(=O)OC)c4c3nc(cc4[nH]c(cc(n2)[C@@H]1C)c(C(C)=O)c4C)[C@@H](C)[C@@H]3CCC(=O)NCCC[C@@H](C(=O)O)[N+](C)(C)C. The maximum atomic E-state index is 14.3. The minimum atomic E-state index is -1.23. The highest BCUT2D eigenvalue weighted by atomic mass is 16.5. The van der Waals surface area contributed by atoms with E-state index in [1.807, 2.05) is 60.1 Å². The van der Waals surface area contributed by atoms with Crippen molar-refractivity contribution >= 4 is 51.5 Å². The maximum Gasteiger partial charge on any atom is 0.362 e. The lowest BCUT2D eigenvalue weighted by Gasteiger charge is -2.31. The van der Waals surface area contributed by atoms with Crippen molar-refractivity contribution in [3.63, 3.8) is 0 Å². The number of likely N-dealkylation sites (N-methyl/N-ethyl adjacent to an activating group) is 1. The van der Waals surface area contributed by atoms with Gasteiger partial charge < -0.3 is 29.6 Å². The molecule has 6 atom stereocenters. The van der Waals surface area contributed by atoms with E-state index < -0.39 is 23.9 Å². The highest BCUT2D eigenvalue weighted by molar-refractivity contribution is 6.23. The Morgan fingerprint density at radius 1 is 0.929 bits per heavy atom. The van der Waals surface area contributed by atoms with Gasteiger partial charge in [0.15, 0.2) is 17.6 Å². The summed E-state index contributed by atoms with van der Waals surface area (Å²) in [6.07, 6.45) is 2.26. The molecule has 2 aliphatic heterocycles. The first-order valence-electron chi connectivity index (χ1n) is 19.6. The average molecular weight is 768 g/mol. The van der Waals surface area contributed by atoms with E-state index in [0.717, 1.165) is 34.4 Å². The zero-order valence-electron chi connectivity index (χ0n) is 34.2. The number of hydrogen-bond acceptors (Lipinski definition) is 8. The van der Waals surface area contributed by atoms with Gasteiger partial charge in [0.1, 0.15) is 5.92 Å². The molecular formula is C43H55N6O7+. The number of nitrogens with one attached hydrogen (secondary N) is 3. The maximum absolute atomic E-state index is 14.3. The van der Waals surface area contributed by atoms with E-state index in [1.54, 1.807) is 6.92 Å². The topological polar surface area (TPSA) is 184 Å². The van der Waals surface area contributed by atoms with Crippen molar-refractivity contribution in [2.75, 3.05) is 34.8 Å². The number of rotatable bonds is 12. The molecule has 0 saturated carbocycles. The second-order valence-electron chi connectivity index (χ2n) is 16.7. The lowest BCUT2D eigenvalue weighted by atomic mass is 9.84. The summed E-state index contributed by atoms with van der Waals surface area (Å²) < 4.78 is 5.50. The van der Waals surface area contributed by atoms with Crippen LogP contribution in [0.4, 0.5) is 0 Å². The number of ketones is 2. The Hall–Kier alpha value is -5.17. The number of carbonyl (C=O) groups excluding carboxylic acids is 4. The van der Waals surface area contributed by atoms with Crippen LogP contribution in [0.5, 0.6) is 0 Å². The summed E-state index contributed by atoms with van der Waals surface area (Å²) >= 11 is 0. The number of aromatic amines is 2. The molecule has 0 radical (unpaired) electrons. The number of ether oxygens (including phenoxy) is 1. The molecule has 5 heterocycles. The van der Waals surface area contributed by atoms with E-state index in [9.17, 15) is 29.1 Å². The third kappa shape index (κ3) is 7.17. The number of carboxylic acid groups (broad SMARTS) is 1. The van der Waals surface area contributed by atoms with Crippen LogP contribution in [0.25, 0.3) is 22.1 Å². The van der Waals surface area contributed by atoms with Gasteiger partial charge in [-0.15, -0.1) is 0 Å². The van der Waals surface area contributed by atoms with Gasteiger partial charge in [0.2, 0.25) is 5.91 Å². The van der Waals surface area contributed by atoms with Gasteiger partial charge in [0, 0.05) is 87.9 Å². The van der Waals surface area contributed by atoms with Gasteiger partial charge in [-0.1, -0.05) is 20.8 Å². The van der Waals surface area contributed by atoms with Crippen LogP contribution in [0, 0.1) is 13.8 Å². The summed E-state index contributed by atoms with van der Waals surface area (Å²) in [7, 11) is 6.79. The number of aromatic nitrogens is 4. The summed E-state index contributed by atoms with van der Waals surface area (Å²) in [4.78, 5) is 83.3. The van der Waals surface area contributed by atoms with Crippen LogP contribution >= 0.6 is 0 Å². The van der Waals surface area contributed by atoms with Crippen LogP contribution in [0.2, 0.25) is 0 Å². The van der Waals surface area contributed by atoms with Gasteiger partial charge in [-0.2, -0.15) is 0 Å². The molecule has 1 aliphatic carbocycles. The molecule has 3 aromatic rings. The summed E-state index contributed by atoms with van der Waals surface area (Å²) in [6.45, 7) is 11.9. The molecule has 1 amide bonds. The van der Waals surface area contributed by atoms with E-state index >= 15 is 0 Å². The minimum Gasteiger partial charge on any atom is -0.477 e. The molecule has 0 fully saturated rings. The van der Waals surface area contributed by atoms with Gasteiger partial charge in [-0.25, -0.2) is 4.79 Å².